The van der Waals surface area contributed by atoms with Crippen LogP contribution in [0.5, 0.6) is 0 Å². The second kappa shape index (κ2) is 3.71. The van der Waals surface area contributed by atoms with Gasteiger partial charge in [-0.2, -0.15) is 0 Å². The molecule has 0 aliphatic heterocycles. The molecule has 0 atom stereocenters. The maximum atomic E-state index is 11.6. The lowest BCUT2D eigenvalue weighted by Crippen LogP contribution is -2.15. The summed E-state index contributed by atoms with van der Waals surface area (Å²) in [4.78, 5) is 7.46. The van der Waals surface area contributed by atoms with Gasteiger partial charge in [0.2, 0.25) is 0 Å². The molecule has 1 aromatic rings. The van der Waals surface area contributed by atoms with Gasteiger partial charge in [-0.15, -0.1) is 0 Å². The summed E-state index contributed by atoms with van der Waals surface area (Å²) in [6.07, 6.45) is 1.22. The molecule has 0 bridgehead atoms. The van der Waals surface area contributed by atoms with Crippen molar-refractivity contribution in [2.75, 3.05) is 0 Å². The topological polar surface area (TPSA) is 59.9 Å². The first kappa shape index (κ1) is 10.6. The van der Waals surface area contributed by atoms with Crippen molar-refractivity contribution in [3.8, 4) is 0 Å². The van der Waals surface area contributed by atoms with E-state index in [0.29, 0.717) is 4.60 Å². The van der Waals surface area contributed by atoms with E-state index in [2.05, 4.69) is 25.9 Å². The fourth-order valence-electron chi connectivity index (χ4n) is 0.714. The molecule has 0 unspecified atom stereocenters. The predicted molar refractivity (Wildman–Crippen MR) is 52.1 cm³/mol. The average Bonchev–Trinajstić information content (AvgIpc) is 2.04. The third-order valence-corrected chi connectivity index (χ3v) is 4.00. The molecule has 0 aliphatic rings. The second-order valence-corrected chi connectivity index (χ2v) is 6.04. The molecule has 0 radical (unpaired) electrons. The summed E-state index contributed by atoms with van der Waals surface area (Å²) < 4.78 is 23.6. The first-order valence-electron chi connectivity index (χ1n) is 3.66. The molecule has 0 aliphatic carbocycles. The lowest BCUT2D eigenvalue weighted by molar-refractivity contribution is 0.583. The number of hydrogen-bond donors (Lipinski definition) is 0. The molecular weight excluding hydrogens is 256 g/mol. The van der Waals surface area contributed by atoms with Crippen molar-refractivity contribution in [3.63, 3.8) is 0 Å². The molecule has 4 nitrogen and oxygen atoms in total. The SMILES string of the molecule is CC(C)S(=O)(=O)c1cc(Br)ncn1. The molecule has 1 heterocycles. The maximum absolute atomic E-state index is 11.6. The van der Waals surface area contributed by atoms with Crippen molar-refractivity contribution in [1.29, 1.82) is 0 Å². The lowest BCUT2D eigenvalue weighted by atomic mass is 10.6. The van der Waals surface area contributed by atoms with Crippen molar-refractivity contribution < 1.29 is 8.42 Å². The third-order valence-electron chi connectivity index (χ3n) is 1.52. The van der Waals surface area contributed by atoms with Crippen molar-refractivity contribution in [2.24, 2.45) is 0 Å². The largest absolute Gasteiger partial charge is 0.229 e. The summed E-state index contributed by atoms with van der Waals surface area (Å²) >= 11 is 3.09. The Hall–Kier alpha value is -0.490. The van der Waals surface area contributed by atoms with E-state index in [1.165, 1.54) is 12.4 Å². The van der Waals surface area contributed by atoms with Crippen LogP contribution in [0.1, 0.15) is 13.8 Å². The monoisotopic (exact) mass is 264 g/mol. The number of hydrogen-bond acceptors (Lipinski definition) is 4. The molecule has 72 valence electrons. The smallest absolute Gasteiger partial charge is 0.198 e. The van der Waals surface area contributed by atoms with Gasteiger partial charge in [0.25, 0.3) is 0 Å². The highest BCUT2D eigenvalue weighted by Crippen LogP contribution is 2.15. The van der Waals surface area contributed by atoms with Crippen molar-refractivity contribution in [2.45, 2.75) is 24.1 Å². The first-order valence-corrected chi connectivity index (χ1v) is 6.00. The zero-order valence-corrected chi connectivity index (χ0v) is 9.63. The van der Waals surface area contributed by atoms with Gasteiger partial charge in [-0.1, -0.05) is 0 Å². The van der Waals surface area contributed by atoms with Crippen LogP contribution in [-0.2, 0) is 9.84 Å². The van der Waals surface area contributed by atoms with E-state index >= 15 is 0 Å². The summed E-state index contributed by atoms with van der Waals surface area (Å²) in [5.74, 6) is 0. The number of aromatic nitrogens is 2. The number of halogens is 1. The van der Waals surface area contributed by atoms with E-state index in [-0.39, 0.29) is 5.03 Å². The van der Waals surface area contributed by atoms with Gasteiger partial charge in [0, 0.05) is 6.07 Å². The highest BCUT2D eigenvalue weighted by atomic mass is 79.9. The summed E-state index contributed by atoms with van der Waals surface area (Å²) in [6.45, 7) is 3.23. The van der Waals surface area contributed by atoms with Crippen LogP contribution in [0.15, 0.2) is 22.0 Å². The van der Waals surface area contributed by atoms with Gasteiger partial charge in [0.15, 0.2) is 14.9 Å². The molecule has 0 aromatic carbocycles. The Morgan fingerprint density at radius 2 is 2.00 bits per heavy atom. The van der Waals surface area contributed by atoms with Crippen molar-refractivity contribution in [1.82, 2.24) is 9.97 Å². The standard InChI is InChI=1S/C7H9BrN2O2S/c1-5(2)13(11,12)7-3-6(8)9-4-10-7/h3-5H,1-2H3. The van der Waals surface area contributed by atoms with Crippen LogP contribution in [0, 0.1) is 0 Å². The van der Waals surface area contributed by atoms with E-state index in [9.17, 15) is 8.42 Å². The lowest BCUT2D eigenvalue weighted by Gasteiger charge is -2.05. The molecule has 0 amide bonds. The Bertz CT molecular complexity index is 403. The highest BCUT2D eigenvalue weighted by molar-refractivity contribution is 9.10. The zero-order valence-electron chi connectivity index (χ0n) is 7.23. The van der Waals surface area contributed by atoms with Crippen molar-refractivity contribution >= 4 is 25.8 Å². The molecule has 6 heteroatoms. The van der Waals surface area contributed by atoms with Gasteiger partial charge in [0.05, 0.1) is 5.25 Å². The Labute approximate surface area is 85.5 Å². The van der Waals surface area contributed by atoms with Crippen LogP contribution in [0.3, 0.4) is 0 Å². The number of sulfone groups is 1. The molecule has 13 heavy (non-hydrogen) atoms. The number of rotatable bonds is 2. The van der Waals surface area contributed by atoms with Gasteiger partial charge in [-0.3, -0.25) is 0 Å². The Kier molecular flexibility index (Phi) is 3.02. The zero-order chi connectivity index (χ0) is 10.1. The van der Waals surface area contributed by atoms with E-state index in [0.717, 1.165) is 0 Å². The van der Waals surface area contributed by atoms with E-state index in [4.69, 9.17) is 0 Å². The van der Waals surface area contributed by atoms with Crippen LogP contribution in [0.2, 0.25) is 0 Å². The summed E-state index contributed by atoms with van der Waals surface area (Å²) in [5.41, 5.74) is 0. The van der Waals surface area contributed by atoms with E-state index in [1.54, 1.807) is 13.8 Å². The normalized spacial score (nSPS) is 12.0. The van der Waals surface area contributed by atoms with Gasteiger partial charge >= 0.3 is 0 Å². The molecule has 0 saturated carbocycles. The number of nitrogens with zero attached hydrogens (tertiary/aromatic N) is 2. The van der Waals surface area contributed by atoms with E-state index < -0.39 is 15.1 Å². The molecular formula is C7H9BrN2O2S. The first-order chi connectivity index (χ1) is 5.94. The summed E-state index contributed by atoms with van der Waals surface area (Å²) in [6, 6.07) is 1.40. The van der Waals surface area contributed by atoms with Crippen LogP contribution >= 0.6 is 15.9 Å². The molecule has 0 saturated heterocycles. The minimum atomic E-state index is -3.28. The van der Waals surface area contributed by atoms with Gasteiger partial charge < -0.3 is 0 Å². The highest BCUT2D eigenvalue weighted by Gasteiger charge is 2.20. The quantitative estimate of drug-likeness (QED) is 0.759. The summed E-state index contributed by atoms with van der Waals surface area (Å²) in [5, 5.41) is -0.404. The predicted octanol–water partition coefficient (Wildman–Crippen LogP) is 1.42. The minimum absolute atomic E-state index is 0.0596. The molecule has 1 aromatic heterocycles. The van der Waals surface area contributed by atoms with Crippen LogP contribution in [-0.4, -0.2) is 23.6 Å². The van der Waals surface area contributed by atoms with Crippen LogP contribution < -0.4 is 0 Å². The Morgan fingerprint density at radius 3 is 2.46 bits per heavy atom. The fraction of sp³-hybridized carbons (Fsp3) is 0.429. The van der Waals surface area contributed by atoms with Gasteiger partial charge in [-0.05, 0) is 29.8 Å². The average molecular weight is 265 g/mol. The molecule has 1 rings (SSSR count). The Morgan fingerprint density at radius 1 is 1.38 bits per heavy atom. The molecule has 0 spiro atoms. The van der Waals surface area contributed by atoms with Crippen molar-refractivity contribution in [3.05, 3.63) is 17.0 Å². The summed E-state index contributed by atoms with van der Waals surface area (Å²) in [7, 11) is -3.28. The van der Waals surface area contributed by atoms with E-state index in [1.807, 2.05) is 0 Å². The fourth-order valence-corrected chi connectivity index (χ4v) is 2.13. The Balaban J connectivity index is 3.24. The van der Waals surface area contributed by atoms with Crippen LogP contribution in [0.25, 0.3) is 0 Å². The van der Waals surface area contributed by atoms with Crippen LogP contribution in [0.4, 0.5) is 0 Å². The third kappa shape index (κ3) is 2.25. The second-order valence-electron chi connectivity index (χ2n) is 2.77. The van der Waals surface area contributed by atoms with Gasteiger partial charge in [-0.25, -0.2) is 18.4 Å². The van der Waals surface area contributed by atoms with Gasteiger partial charge in [0.1, 0.15) is 10.9 Å². The molecule has 0 fully saturated rings. The minimum Gasteiger partial charge on any atom is -0.229 e. The maximum Gasteiger partial charge on any atom is 0.198 e. The molecule has 0 N–H and O–H groups in total.